The van der Waals surface area contributed by atoms with E-state index in [0.29, 0.717) is 11.8 Å². The highest BCUT2D eigenvalue weighted by Crippen LogP contribution is 2.27. The molecule has 0 radical (unpaired) electrons. The number of amides is 1. The van der Waals surface area contributed by atoms with E-state index in [4.69, 9.17) is 4.42 Å². The molecule has 29 heavy (non-hydrogen) atoms. The van der Waals surface area contributed by atoms with Crippen LogP contribution in [0.5, 0.6) is 0 Å². The minimum Gasteiger partial charge on any atom is -0.464 e. The van der Waals surface area contributed by atoms with Gasteiger partial charge in [-0.2, -0.15) is 9.78 Å². The first kappa shape index (κ1) is 18.9. The summed E-state index contributed by atoms with van der Waals surface area (Å²) in [6.45, 7) is 9.74. The Kier molecular flexibility index (Phi) is 4.66. The number of benzene rings is 1. The van der Waals surface area contributed by atoms with Crippen molar-refractivity contribution in [3.63, 3.8) is 0 Å². The number of fused-ring (bicyclic) bond motifs is 1. The van der Waals surface area contributed by atoms with Crippen LogP contribution in [-0.4, -0.2) is 25.7 Å². The second kappa shape index (κ2) is 7.16. The Morgan fingerprint density at radius 1 is 1.03 bits per heavy atom. The molecule has 0 saturated heterocycles. The number of aromatic nitrogens is 4. The number of nitrogens with one attached hydrogen (secondary N) is 1. The van der Waals surface area contributed by atoms with Crippen LogP contribution in [0.25, 0.3) is 16.9 Å². The van der Waals surface area contributed by atoms with Crippen molar-refractivity contribution in [2.75, 3.05) is 5.32 Å². The van der Waals surface area contributed by atoms with Crippen LogP contribution < -0.4 is 5.32 Å². The fourth-order valence-corrected chi connectivity index (χ4v) is 3.43. The molecule has 0 spiro atoms. The van der Waals surface area contributed by atoms with E-state index in [1.165, 1.54) is 0 Å². The molecule has 1 N–H and O–H groups in total. The Labute approximate surface area is 168 Å². The van der Waals surface area contributed by atoms with E-state index in [9.17, 15) is 4.79 Å². The Bertz CT molecular complexity index is 1220. The summed E-state index contributed by atoms with van der Waals surface area (Å²) in [5, 5.41) is 8.34. The van der Waals surface area contributed by atoms with Gasteiger partial charge in [0.25, 0.3) is 5.95 Å². The van der Waals surface area contributed by atoms with Gasteiger partial charge >= 0.3 is 0 Å². The molecule has 7 heteroatoms. The number of anilines is 1. The Balaban J connectivity index is 1.61. The van der Waals surface area contributed by atoms with E-state index in [1.807, 2.05) is 52.8 Å². The third-order valence-electron chi connectivity index (χ3n) is 4.95. The molecule has 0 aliphatic rings. The predicted octanol–water partition coefficient (Wildman–Crippen LogP) is 4.13. The van der Waals surface area contributed by atoms with Crippen molar-refractivity contribution in [2.45, 2.75) is 41.0 Å². The summed E-state index contributed by atoms with van der Waals surface area (Å²) in [6, 6.07) is 7.75. The maximum Gasteiger partial charge on any atom is 0.252 e. The summed E-state index contributed by atoms with van der Waals surface area (Å²) in [5.41, 5.74) is 6.39. The summed E-state index contributed by atoms with van der Waals surface area (Å²) in [5.74, 6) is 0.819. The molecule has 3 heterocycles. The molecule has 0 aliphatic carbocycles. The van der Waals surface area contributed by atoms with Crippen LogP contribution in [0, 0.1) is 34.6 Å². The minimum atomic E-state index is -0.156. The van der Waals surface area contributed by atoms with Gasteiger partial charge in [0.1, 0.15) is 11.4 Å². The highest BCUT2D eigenvalue weighted by molar-refractivity contribution is 5.95. The number of furan rings is 1. The zero-order valence-electron chi connectivity index (χ0n) is 17.2. The lowest BCUT2D eigenvalue weighted by Gasteiger charge is -2.08. The normalized spacial score (nSPS) is 11.2. The van der Waals surface area contributed by atoms with Gasteiger partial charge in [-0.3, -0.25) is 4.79 Å². The molecule has 1 aromatic carbocycles. The number of carbonyl (C=O) groups excluding carboxylic acids is 1. The van der Waals surface area contributed by atoms with Crippen molar-refractivity contribution in [1.82, 2.24) is 19.7 Å². The maximum absolute atomic E-state index is 12.8. The second-order valence-corrected chi connectivity index (χ2v) is 7.40. The van der Waals surface area contributed by atoms with Gasteiger partial charge in [0, 0.05) is 28.4 Å². The zero-order valence-corrected chi connectivity index (χ0v) is 17.2. The number of rotatable bonds is 4. The molecule has 1 amide bonds. The van der Waals surface area contributed by atoms with Gasteiger partial charge in [0.2, 0.25) is 5.91 Å². The van der Waals surface area contributed by atoms with Crippen LogP contribution in [0.2, 0.25) is 0 Å². The maximum atomic E-state index is 12.8. The molecule has 4 rings (SSSR count). The van der Waals surface area contributed by atoms with Crippen molar-refractivity contribution < 1.29 is 9.21 Å². The van der Waals surface area contributed by atoms with E-state index in [-0.39, 0.29) is 12.3 Å². The van der Waals surface area contributed by atoms with Crippen molar-refractivity contribution in [1.29, 1.82) is 0 Å². The molecule has 0 bridgehead atoms. The monoisotopic (exact) mass is 389 g/mol. The molecule has 7 nitrogen and oxygen atoms in total. The van der Waals surface area contributed by atoms with Gasteiger partial charge in [-0.25, -0.2) is 9.97 Å². The van der Waals surface area contributed by atoms with Crippen LogP contribution >= 0.6 is 0 Å². The Morgan fingerprint density at radius 3 is 2.48 bits per heavy atom. The largest absolute Gasteiger partial charge is 0.464 e. The molecular weight excluding hydrogens is 366 g/mol. The summed E-state index contributed by atoms with van der Waals surface area (Å²) >= 11 is 0. The van der Waals surface area contributed by atoms with Crippen LogP contribution in [-0.2, 0) is 11.2 Å². The van der Waals surface area contributed by atoms with Crippen LogP contribution in [0.3, 0.4) is 0 Å². The molecule has 148 valence electrons. The summed E-state index contributed by atoms with van der Waals surface area (Å²) in [6.07, 6.45) is 1.86. The lowest BCUT2D eigenvalue weighted by molar-refractivity contribution is -0.115. The summed E-state index contributed by atoms with van der Waals surface area (Å²) in [4.78, 5) is 21.7. The molecule has 4 aromatic rings. The van der Waals surface area contributed by atoms with E-state index in [0.717, 1.165) is 44.7 Å². The zero-order chi connectivity index (χ0) is 20.7. The molecule has 0 fully saturated rings. The van der Waals surface area contributed by atoms with Gasteiger partial charge < -0.3 is 9.73 Å². The molecule has 0 saturated carbocycles. The van der Waals surface area contributed by atoms with Gasteiger partial charge in [-0.15, -0.1) is 0 Å². The highest BCUT2D eigenvalue weighted by atomic mass is 16.3. The van der Waals surface area contributed by atoms with Crippen LogP contribution in [0.4, 0.5) is 5.82 Å². The molecule has 0 aliphatic heterocycles. The van der Waals surface area contributed by atoms with Gasteiger partial charge in [-0.1, -0.05) is 12.1 Å². The Hall–Kier alpha value is -3.48. The van der Waals surface area contributed by atoms with E-state index >= 15 is 0 Å². The minimum absolute atomic E-state index is 0.156. The smallest absolute Gasteiger partial charge is 0.252 e. The van der Waals surface area contributed by atoms with Gasteiger partial charge in [0.05, 0.1) is 18.4 Å². The number of hydrogen-bond donors (Lipinski definition) is 1. The molecule has 0 atom stereocenters. The number of aryl methyl sites for hydroxylation is 5. The first-order chi connectivity index (χ1) is 13.8. The number of hydrogen-bond acceptors (Lipinski definition) is 5. The molecule has 0 unspecified atom stereocenters. The fourth-order valence-electron chi connectivity index (χ4n) is 3.43. The van der Waals surface area contributed by atoms with Crippen molar-refractivity contribution in [3.05, 3.63) is 64.3 Å². The summed E-state index contributed by atoms with van der Waals surface area (Å²) < 4.78 is 7.28. The topological polar surface area (TPSA) is 85.8 Å². The lowest BCUT2D eigenvalue weighted by Crippen LogP contribution is -2.18. The SMILES string of the molecule is Cc1cc(C)nc(-n2nc(C)cc2NC(=O)Cc2coc3c(C)c(C)ccc23)n1. The first-order valence-corrected chi connectivity index (χ1v) is 9.47. The molecule has 3 aromatic heterocycles. The van der Waals surface area contributed by atoms with Gasteiger partial charge in [0.15, 0.2) is 0 Å². The third-order valence-corrected chi connectivity index (χ3v) is 4.95. The third kappa shape index (κ3) is 3.63. The van der Waals surface area contributed by atoms with Crippen LogP contribution in [0.15, 0.2) is 34.9 Å². The quantitative estimate of drug-likeness (QED) is 0.567. The second-order valence-electron chi connectivity index (χ2n) is 7.40. The standard InChI is InChI=1S/C22H23N5O2/c1-12-6-7-18-17(11-29-21(18)16(12)5)10-20(28)25-19-9-15(4)26-27(19)22-23-13(2)8-14(3)24-22/h6-9,11H,10H2,1-5H3,(H,25,28). The Morgan fingerprint density at radius 2 is 1.76 bits per heavy atom. The van der Waals surface area contributed by atoms with Crippen molar-refractivity contribution in [3.8, 4) is 5.95 Å². The van der Waals surface area contributed by atoms with Crippen LogP contribution in [0.1, 0.15) is 33.8 Å². The van der Waals surface area contributed by atoms with Crippen molar-refractivity contribution in [2.24, 2.45) is 0 Å². The fraction of sp³-hybridized carbons (Fsp3) is 0.273. The number of nitrogens with zero attached hydrogens (tertiary/aromatic N) is 4. The average molecular weight is 389 g/mol. The van der Waals surface area contributed by atoms with E-state index < -0.39 is 0 Å². The van der Waals surface area contributed by atoms with E-state index in [2.05, 4.69) is 20.4 Å². The molecular formula is C22H23N5O2. The summed E-state index contributed by atoms with van der Waals surface area (Å²) in [7, 11) is 0. The lowest BCUT2D eigenvalue weighted by atomic mass is 10.0. The number of carbonyl (C=O) groups is 1. The highest BCUT2D eigenvalue weighted by Gasteiger charge is 2.16. The van der Waals surface area contributed by atoms with E-state index in [1.54, 1.807) is 17.0 Å². The van der Waals surface area contributed by atoms with Crippen molar-refractivity contribution >= 4 is 22.7 Å². The average Bonchev–Trinajstić information content (AvgIpc) is 3.21. The predicted molar refractivity (Wildman–Crippen MR) is 111 cm³/mol. The first-order valence-electron chi connectivity index (χ1n) is 9.47. The van der Waals surface area contributed by atoms with Gasteiger partial charge in [-0.05, 0) is 51.8 Å².